The SMILES string of the molecule is CCCOC(=O)CCCN1C(=O)/C(=C\c2cccc(OC)c2)SC1=S. The van der Waals surface area contributed by atoms with E-state index in [2.05, 4.69) is 0 Å². The number of thioether (sulfide) groups is 1. The number of ether oxygens (including phenoxy) is 2. The van der Waals surface area contributed by atoms with Gasteiger partial charge in [0, 0.05) is 13.0 Å². The number of carbonyl (C=O) groups is 2. The van der Waals surface area contributed by atoms with Crippen molar-refractivity contribution in [2.75, 3.05) is 20.3 Å². The van der Waals surface area contributed by atoms with Crippen LogP contribution < -0.4 is 4.74 Å². The molecule has 0 aromatic heterocycles. The number of thiocarbonyl (C=S) groups is 1. The van der Waals surface area contributed by atoms with Gasteiger partial charge in [-0.2, -0.15) is 0 Å². The number of benzene rings is 1. The van der Waals surface area contributed by atoms with Crippen molar-refractivity contribution >= 4 is 46.3 Å². The topological polar surface area (TPSA) is 55.8 Å². The Bertz CT molecular complexity index is 687. The van der Waals surface area contributed by atoms with Crippen molar-refractivity contribution in [3.8, 4) is 5.75 Å². The highest BCUT2D eigenvalue weighted by Gasteiger charge is 2.31. The maximum absolute atomic E-state index is 12.5. The highest BCUT2D eigenvalue weighted by atomic mass is 32.2. The quantitative estimate of drug-likeness (QED) is 0.391. The largest absolute Gasteiger partial charge is 0.497 e. The highest BCUT2D eigenvalue weighted by Crippen LogP contribution is 2.33. The van der Waals surface area contributed by atoms with Crippen molar-refractivity contribution in [1.29, 1.82) is 0 Å². The normalized spacial score (nSPS) is 15.8. The molecule has 134 valence electrons. The van der Waals surface area contributed by atoms with Crippen LogP contribution in [-0.4, -0.2) is 41.4 Å². The molecule has 1 aromatic rings. The second-order valence-electron chi connectivity index (χ2n) is 5.43. The molecule has 1 amide bonds. The summed E-state index contributed by atoms with van der Waals surface area (Å²) in [6.07, 6.45) is 3.42. The molecule has 7 heteroatoms. The van der Waals surface area contributed by atoms with Crippen LogP contribution in [0, 0.1) is 0 Å². The van der Waals surface area contributed by atoms with E-state index in [0.717, 1.165) is 17.7 Å². The zero-order valence-corrected chi connectivity index (χ0v) is 16.0. The fraction of sp³-hybridized carbons (Fsp3) is 0.389. The molecule has 0 saturated carbocycles. The zero-order chi connectivity index (χ0) is 18.2. The van der Waals surface area contributed by atoms with Gasteiger partial charge in [0.1, 0.15) is 10.1 Å². The fourth-order valence-corrected chi connectivity index (χ4v) is 3.55. The Hall–Kier alpha value is -1.86. The van der Waals surface area contributed by atoms with E-state index in [9.17, 15) is 9.59 Å². The summed E-state index contributed by atoms with van der Waals surface area (Å²) in [4.78, 5) is 26.2. The van der Waals surface area contributed by atoms with E-state index >= 15 is 0 Å². The smallest absolute Gasteiger partial charge is 0.305 e. The Morgan fingerprint density at radius 1 is 1.40 bits per heavy atom. The summed E-state index contributed by atoms with van der Waals surface area (Å²) < 4.78 is 10.7. The van der Waals surface area contributed by atoms with Crippen molar-refractivity contribution in [3.63, 3.8) is 0 Å². The van der Waals surface area contributed by atoms with E-state index < -0.39 is 0 Å². The summed E-state index contributed by atoms with van der Waals surface area (Å²) in [5.41, 5.74) is 0.878. The summed E-state index contributed by atoms with van der Waals surface area (Å²) in [6.45, 7) is 2.80. The highest BCUT2D eigenvalue weighted by molar-refractivity contribution is 8.26. The molecule has 0 aliphatic carbocycles. The van der Waals surface area contributed by atoms with E-state index in [1.54, 1.807) is 18.1 Å². The number of carbonyl (C=O) groups excluding carboxylic acids is 2. The Morgan fingerprint density at radius 2 is 2.20 bits per heavy atom. The average molecular weight is 380 g/mol. The number of rotatable bonds is 8. The van der Waals surface area contributed by atoms with Crippen LogP contribution in [0.25, 0.3) is 6.08 Å². The lowest BCUT2D eigenvalue weighted by Crippen LogP contribution is -2.29. The first-order valence-corrected chi connectivity index (χ1v) is 9.32. The van der Waals surface area contributed by atoms with E-state index in [0.29, 0.717) is 28.8 Å². The van der Waals surface area contributed by atoms with Crippen molar-refractivity contribution in [3.05, 3.63) is 34.7 Å². The van der Waals surface area contributed by atoms with Crippen LogP contribution in [-0.2, 0) is 14.3 Å². The van der Waals surface area contributed by atoms with E-state index in [-0.39, 0.29) is 18.3 Å². The molecule has 1 aromatic carbocycles. The van der Waals surface area contributed by atoms with Crippen LogP contribution in [0.4, 0.5) is 0 Å². The molecule has 5 nitrogen and oxygen atoms in total. The molecule has 1 heterocycles. The Balaban J connectivity index is 1.95. The lowest BCUT2D eigenvalue weighted by molar-refractivity contribution is -0.144. The molecule has 0 atom stereocenters. The van der Waals surface area contributed by atoms with E-state index in [1.165, 1.54) is 11.8 Å². The molecule has 0 N–H and O–H groups in total. The van der Waals surface area contributed by atoms with Gasteiger partial charge in [-0.15, -0.1) is 0 Å². The lowest BCUT2D eigenvalue weighted by atomic mass is 10.2. The standard InChI is InChI=1S/C18H21NO4S2/c1-3-10-23-16(20)8-5-9-19-17(21)15(25-18(19)24)12-13-6-4-7-14(11-13)22-2/h4,6-7,11-12H,3,5,8-10H2,1-2H3/b15-12+. The van der Waals surface area contributed by atoms with Gasteiger partial charge in [0.05, 0.1) is 18.6 Å². The molecular weight excluding hydrogens is 358 g/mol. The van der Waals surface area contributed by atoms with Gasteiger partial charge < -0.3 is 9.47 Å². The molecule has 25 heavy (non-hydrogen) atoms. The maximum Gasteiger partial charge on any atom is 0.305 e. The van der Waals surface area contributed by atoms with Crippen LogP contribution >= 0.6 is 24.0 Å². The van der Waals surface area contributed by atoms with Crippen LogP contribution in [0.3, 0.4) is 0 Å². The van der Waals surface area contributed by atoms with E-state index in [4.69, 9.17) is 21.7 Å². The second-order valence-corrected chi connectivity index (χ2v) is 7.11. The first kappa shape index (κ1) is 19.5. The average Bonchev–Trinajstić information content (AvgIpc) is 2.87. The Labute approximate surface area is 157 Å². The fourth-order valence-electron chi connectivity index (χ4n) is 2.25. The van der Waals surface area contributed by atoms with E-state index in [1.807, 2.05) is 31.2 Å². The minimum atomic E-state index is -0.237. The van der Waals surface area contributed by atoms with Crippen molar-refractivity contribution < 1.29 is 19.1 Å². The number of hydrogen-bond acceptors (Lipinski definition) is 6. The van der Waals surface area contributed by atoms with Gasteiger partial charge in [-0.1, -0.05) is 43.0 Å². The summed E-state index contributed by atoms with van der Waals surface area (Å²) in [6, 6.07) is 7.47. The number of methoxy groups -OCH3 is 1. The minimum Gasteiger partial charge on any atom is -0.497 e. The maximum atomic E-state index is 12.5. The van der Waals surface area contributed by atoms with Gasteiger partial charge in [-0.25, -0.2) is 0 Å². The second kappa shape index (κ2) is 9.58. The molecule has 0 radical (unpaired) electrons. The summed E-state index contributed by atoms with van der Waals surface area (Å²) in [5.74, 6) is 0.369. The van der Waals surface area contributed by atoms with Gasteiger partial charge in [-0.3, -0.25) is 14.5 Å². The van der Waals surface area contributed by atoms with Crippen molar-refractivity contribution in [1.82, 2.24) is 4.90 Å². The van der Waals surface area contributed by atoms with Gasteiger partial charge in [0.2, 0.25) is 0 Å². The molecule has 0 unspecified atom stereocenters. The molecular formula is C18H21NO4S2. The summed E-state index contributed by atoms with van der Waals surface area (Å²) in [5, 5.41) is 0. The number of esters is 1. The molecule has 1 saturated heterocycles. The van der Waals surface area contributed by atoms with Crippen molar-refractivity contribution in [2.45, 2.75) is 26.2 Å². The molecule has 0 bridgehead atoms. The van der Waals surface area contributed by atoms with Gasteiger partial charge in [0.15, 0.2) is 0 Å². The molecule has 1 fully saturated rings. The van der Waals surface area contributed by atoms with Crippen LogP contribution in [0.15, 0.2) is 29.2 Å². The summed E-state index contributed by atoms with van der Waals surface area (Å²) in [7, 11) is 1.60. The third-order valence-electron chi connectivity index (χ3n) is 3.49. The lowest BCUT2D eigenvalue weighted by Gasteiger charge is -2.13. The van der Waals surface area contributed by atoms with Gasteiger partial charge in [-0.05, 0) is 36.6 Å². The van der Waals surface area contributed by atoms with Crippen molar-refractivity contribution in [2.24, 2.45) is 0 Å². The number of amides is 1. The van der Waals surface area contributed by atoms with Crippen LogP contribution in [0.5, 0.6) is 5.75 Å². The zero-order valence-electron chi connectivity index (χ0n) is 14.3. The first-order chi connectivity index (χ1) is 12.0. The third-order valence-corrected chi connectivity index (χ3v) is 4.87. The first-order valence-electron chi connectivity index (χ1n) is 8.10. The summed E-state index contributed by atoms with van der Waals surface area (Å²) >= 11 is 6.57. The van der Waals surface area contributed by atoms with Gasteiger partial charge >= 0.3 is 5.97 Å². The number of nitrogens with zero attached hydrogens (tertiary/aromatic N) is 1. The third kappa shape index (κ3) is 5.57. The van der Waals surface area contributed by atoms with Gasteiger partial charge in [0.25, 0.3) is 5.91 Å². The predicted octanol–water partition coefficient (Wildman–Crippen LogP) is 3.63. The number of hydrogen-bond donors (Lipinski definition) is 0. The Morgan fingerprint density at radius 3 is 2.92 bits per heavy atom. The Kier molecular flexibility index (Phi) is 7.46. The van der Waals surface area contributed by atoms with Crippen LogP contribution in [0.1, 0.15) is 31.7 Å². The molecule has 0 spiro atoms. The minimum absolute atomic E-state index is 0.125. The molecule has 1 aliphatic heterocycles. The predicted molar refractivity (Wildman–Crippen MR) is 103 cm³/mol. The van der Waals surface area contributed by atoms with Crippen LogP contribution in [0.2, 0.25) is 0 Å². The molecule has 1 aliphatic rings. The monoisotopic (exact) mass is 379 g/mol. The molecule has 2 rings (SSSR count).